The number of aliphatic hydroxyl groups excluding tert-OH is 1. The number of nitrogens with zero attached hydrogens (tertiary/aromatic N) is 2. The van der Waals surface area contributed by atoms with Crippen molar-refractivity contribution in [3.63, 3.8) is 0 Å². The van der Waals surface area contributed by atoms with E-state index in [4.69, 9.17) is 10.8 Å². The van der Waals surface area contributed by atoms with Crippen LogP contribution >= 0.6 is 11.3 Å². The zero-order chi connectivity index (χ0) is 13.1. The van der Waals surface area contributed by atoms with E-state index in [0.717, 1.165) is 5.69 Å². The minimum Gasteiger partial charge on any atom is -0.397 e. The number of nitrogens with one attached hydrogen (secondary N) is 1. The molecule has 0 unspecified atom stereocenters. The van der Waals surface area contributed by atoms with Crippen LogP contribution in [0, 0.1) is 6.92 Å². The maximum atomic E-state index is 11.9. The highest BCUT2D eigenvalue weighted by Gasteiger charge is 2.14. The molecule has 0 atom stereocenters. The van der Waals surface area contributed by atoms with Crippen LogP contribution in [0.2, 0.25) is 0 Å². The van der Waals surface area contributed by atoms with E-state index in [1.54, 1.807) is 12.1 Å². The molecule has 0 fully saturated rings. The van der Waals surface area contributed by atoms with E-state index < -0.39 is 5.91 Å². The third-order valence-corrected chi connectivity index (χ3v) is 3.08. The molecule has 18 heavy (non-hydrogen) atoms. The van der Waals surface area contributed by atoms with E-state index >= 15 is 0 Å². The van der Waals surface area contributed by atoms with Gasteiger partial charge in [-0.1, -0.05) is 0 Å². The van der Waals surface area contributed by atoms with Gasteiger partial charge >= 0.3 is 0 Å². The van der Waals surface area contributed by atoms with Crippen molar-refractivity contribution >= 4 is 28.1 Å². The Bertz CT molecular complexity index is 582. The van der Waals surface area contributed by atoms with E-state index in [0.29, 0.717) is 10.8 Å². The SMILES string of the molecule is Cc1csc(NC(=O)c2nc(CO)ccc2N)n1. The Hall–Kier alpha value is -1.99. The molecule has 0 aliphatic carbocycles. The molecular formula is C11H12N4O2S. The van der Waals surface area contributed by atoms with Crippen LogP contribution in [0.25, 0.3) is 0 Å². The van der Waals surface area contributed by atoms with Gasteiger partial charge in [-0.05, 0) is 19.1 Å². The van der Waals surface area contributed by atoms with Gasteiger partial charge in [-0.25, -0.2) is 9.97 Å². The first-order valence-corrected chi connectivity index (χ1v) is 6.08. The van der Waals surface area contributed by atoms with Gasteiger partial charge in [0.15, 0.2) is 10.8 Å². The van der Waals surface area contributed by atoms with Gasteiger partial charge in [0, 0.05) is 5.38 Å². The number of nitrogens with two attached hydrogens (primary N) is 1. The quantitative estimate of drug-likeness (QED) is 0.772. The Morgan fingerprint density at radius 2 is 2.28 bits per heavy atom. The number of aliphatic hydroxyl groups is 1. The van der Waals surface area contributed by atoms with Crippen LogP contribution in [0.1, 0.15) is 21.9 Å². The number of hydrogen-bond donors (Lipinski definition) is 3. The summed E-state index contributed by atoms with van der Waals surface area (Å²) < 4.78 is 0. The molecule has 0 aliphatic rings. The second-order valence-corrected chi connectivity index (χ2v) is 4.50. The minimum atomic E-state index is -0.433. The Kier molecular flexibility index (Phi) is 3.54. The maximum Gasteiger partial charge on any atom is 0.278 e. The van der Waals surface area contributed by atoms with Crippen LogP contribution in [0.4, 0.5) is 10.8 Å². The van der Waals surface area contributed by atoms with E-state index in [9.17, 15) is 4.79 Å². The zero-order valence-corrected chi connectivity index (χ0v) is 10.5. The number of nitrogen functional groups attached to an aromatic ring is 1. The number of aryl methyl sites for hydroxylation is 1. The molecule has 2 aromatic rings. The monoisotopic (exact) mass is 264 g/mol. The van der Waals surface area contributed by atoms with Gasteiger partial charge in [0.2, 0.25) is 0 Å². The van der Waals surface area contributed by atoms with Crippen molar-refractivity contribution in [2.24, 2.45) is 0 Å². The van der Waals surface area contributed by atoms with E-state index in [2.05, 4.69) is 15.3 Å². The Morgan fingerprint density at radius 3 is 2.89 bits per heavy atom. The number of hydrogen-bond acceptors (Lipinski definition) is 6. The Labute approximate surface area is 108 Å². The molecule has 7 heteroatoms. The number of thiazole rings is 1. The summed E-state index contributed by atoms with van der Waals surface area (Å²) in [6.45, 7) is 1.60. The van der Waals surface area contributed by atoms with Crippen molar-refractivity contribution in [3.8, 4) is 0 Å². The molecule has 0 saturated carbocycles. The van der Waals surface area contributed by atoms with Gasteiger partial charge in [-0.2, -0.15) is 0 Å². The lowest BCUT2D eigenvalue weighted by molar-refractivity contribution is 0.102. The molecule has 0 bridgehead atoms. The summed E-state index contributed by atoms with van der Waals surface area (Å²) in [6, 6.07) is 3.11. The summed E-state index contributed by atoms with van der Waals surface area (Å²) in [5, 5.41) is 13.9. The molecule has 0 saturated heterocycles. The number of rotatable bonds is 3. The van der Waals surface area contributed by atoms with E-state index in [1.807, 2.05) is 12.3 Å². The maximum absolute atomic E-state index is 11.9. The van der Waals surface area contributed by atoms with Crippen molar-refractivity contribution in [1.82, 2.24) is 9.97 Å². The molecule has 1 amide bonds. The number of carbonyl (C=O) groups is 1. The highest BCUT2D eigenvalue weighted by molar-refractivity contribution is 7.13. The van der Waals surface area contributed by atoms with Gasteiger partial charge in [0.25, 0.3) is 5.91 Å². The van der Waals surface area contributed by atoms with Crippen molar-refractivity contribution in [3.05, 3.63) is 34.6 Å². The van der Waals surface area contributed by atoms with E-state index in [1.165, 1.54) is 11.3 Å². The summed E-state index contributed by atoms with van der Waals surface area (Å²) >= 11 is 1.33. The lowest BCUT2D eigenvalue weighted by Crippen LogP contribution is -2.16. The number of anilines is 2. The van der Waals surface area contributed by atoms with Gasteiger partial charge in [-0.15, -0.1) is 11.3 Å². The largest absolute Gasteiger partial charge is 0.397 e. The van der Waals surface area contributed by atoms with Crippen molar-refractivity contribution in [2.75, 3.05) is 11.1 Å². The number of pyridine rings is 1. The molecule has 94 valence electrons. The van der Waals surface area contributed by atoms with Gasteiger partial charge in [0.05, 0.1) is 23.7 Å². The number of amides is 1. The fourth-order valence-corrected chi connectivity index (χ4v) is 2.03. The molecule has 2 rings (SSSR count). The van der Waals surface area contributed by atoms with Crippen LogP contribution in [0.15, 0.2) is 17.5 Å². The standard InChI is InChI=1S/C11H12N4O2S/c1-6-5-18-11(13-6)15-10(17)9-8(12)3-2-7(4-16)14-9/h2-3,5,16H,4,12H2,1H3,(H,13,15,17). The van der Waals surface area contributed by atoms with Crippen LogP contribution in [0.3, 0.4) is 0 Å². The summed E-state index contributed by atoms with van der Waals surface area (Å²) in [6.07, 6.45) is 0. The van der Waals surface area contributed by atoms with Crippen LogP contribution in [0.5, 0.6) is 0 Å². The predicted molar refractivity (Wildman–Crippen MR) is 69.4 cm³/mol. The summed E-state index contributed by atoms with van der Waals surface area (Å²) in [5.41, 5.74) is 7.26. The minimum absolute atomic E-state index is 0.0920. The van der Waals surface area contributed by atoms with Crippen molar-refractivity contribution in [2.45, 2.75) is 13.5 Å². The third-order valence-electron chi connectivity index (χ3n) is 2.20. The third kappa shape index (κ3) is 2.63. The Morgan fingerprint density at radius 1 is 1.50 bits per heavy atom. The lowest BCUT2D eigenvalue weighted by atomic mass is 10.2. The van der Waals surface area contributed by atoms with Crippen molar-refractivity contribution < 1.29 is 9.90 Å². The first-order chi connectivity index (χ1) is 8.60. The topological polar surface area (TPSA) is 101 Å². The normalized spacial score (nSPS) is 10.3. The average molecular weight is 264 g/mol. The molecule has 4 N–H and O–H groups in total. The molecular weight excluding hydrogens is 252 g/mol. The van der Waals surface area contributed by atoms with Crippen LogP contribution in [-0.2, 0) is 6.61 Å². The number of carbonyl (C=O) groups excluding carboxylic acids is 1. The molecule has 0 radical (unpaired) electrons. The first-order valence-electron chi connectivity index (χ1n) is 5.20. The molecule has 0 aliphatic heterocycles. The summed E-state index contributed by atoms with van der Waals surface area (Å²) in [4.78, 5) is 20.0. The number of aromatic nitrogens is 2. The van der Waals surface area contributed by atoms with E-state index in [-0.39, 0.29) is 18.0 Å². The highest BCUT2D eigenvalue weighted by Crippen LogP contribution is 2.17. The fraction of sp³-hybridized carbons (Fsp3) is 0.182. The summed E-state index contributed by atoms with van der Waals surface area (Å²) in [5.74, 6) is -0.433. The smallest absolute Gasteiger partial charge is 0.278 e. The predicted octanol–water partition coefficient (Wildman–Crippen LogP) is 1.17. The molecule has 0 aromatic carbocycles. The Balaban J connectivity index is 2.23. The molecule has 2 heterocycles. The van der Waals surface area contributed by atoms with Crippen LogP contribution < -0.4 is 11.1 Å². The highest BCUT2D eigenvalue weighted by atomic mass is 32.1. The molecule has 2 aromatic heterocycles. The summed E-state index contributed by atoms with van der Waals surface area (Å²) in [7, 11) is 0. The first kappa shape index (κ1) is 12.5. The second-order valence-electron chi connectivity index (χ2n) is 3.65. The molecule has 0 spiro atoms. The second kappa shape index (κ2) is 5.11. The van der Waals surface area contributed by atoms with Gasteiger partial charge in [-0.3, -0.25) is 10.1 Å². The van der Waals surface area contributed by atoms with Crippen LogP contribution in [-0.4, -0.2) is 21.0 Å². The van der Waals surface area contributed by atoms with Gasteiger partial charge in [0.1, 0.15) is 0 Å². The van der Waals surface area contributed by atoms with Gasteiger partial charge < -0.3 is 10.8 Å². The van der Waals surface area contributed by atoms with Crippen molar-refractivity contribution in [1.29, 1.82) is 0 Å². The lowest BCUT2D eigenvalue weighted by Gasteiger charge is -2.05. The fourth-order valence-electron chi connectivity index (χ4n) is 1.35. The molecule has 6 nitrogen and oxygen atoms in total. The average Bonchev–Trinajstić information content (AvgIpc) is 2.75. The zero-order valence-electron chi connectivity index (χ0n) is 9.67.